The van der Waals surface area contributed by atoms with Gasteiger partial charge in [-0.1, -0.05) is 71.5 Å². The summed E-state index contributed by atoms with van der Waals surface area (Å²) in [5, 5.41) is 1.14. The zero-order valence-electron chi connectivity index (χ0n) is 16.9. The molecule has 31 heavy (non-hydrogen) atoms. The Balaban J connectivity index is 1.52. The lowest BCUT2D eigenvalue weighted by Crippen LogP contribution is -2.22. The number of imidazole rings is 1. The molecule has 6 rings (SSSR count). The quantitative estimate of drug-likeness (QED) is 0.413. The molecule has 4 nitrogen and oxygen atoms in total. The molecule has 0 amide bonds. The van der Waals surface area contributed by atoms with Crippen LogP contribution in [-0.4, -0.2) is 14.0 Å². The number of nitrogens with zero attached hydrogens (tertiary/aromatic N) is 3. The van der Waals surface area contributed by atoms with Crippen LogP contribution in [0.3, 0.4) is 0 Å². The second-order valence-corrected chi connectivity index (χ2v) is 8.86. The summed E-state index contributed by atoms with van der Waals surface area (Å²) in [4.78, 5) is 18.5. The number of thiazole rings is 1. The van der Waals surface area contributed by atoms with E-state index < -0.39 is 0 Å². The molecule has 3 aromatic carbocycles. The Labute approximate surface area is 182 Å². The highest BCUT2D eigenvalue weighted by atomic mass is 32.1. The highest BCUT2D eigenvalue weighted by Gasteiger charge is 2.12. The lowest BCUT2D eigenvalue weighted by atomic mass is 10.1. The molecule has 150 valence electrons. The Morgan fingerprint density at radius 2 is 1.68 bits per heavy atom. The average molecular weight is 422 g/mol. The molecule has 5 heteroatoms. The second kappa shape index (κ2) is 6.93. The molecular weight excluding hydrogens is 402 g/mol. The van der Waals surface area contributed by atoms with E-state index in [9.17, 15) is 4.79 Å². The van der Waals surface area contributed by atoms with E-state index in [1.807, 2.05) is 36.4 Å². The van der Waals surface area contributed by atoms with Crippen molar-refractivity contribution in [1.29, 1.82) is 0 Å². The van der Waals surface area contributed by atoms with Crippen LogP contribution in [0.15, 0.2) is 83.8 Å². The van der Waals surface area contributed by atoms with Gasteiger partial charge in [-0.2, -0.15) is 0 Å². The molecule has 0 aliphatic rings. The SMILES string of the molecule is Cc1ccc(Cn2cc(C=c3sc4nc5ccccc5n4c3=O)c3ccccc32)cc1. The maximum absolute atomic E-state index is 13.2. The topological polar surface area (TPSA) is 39.3 Å². The molecule has 0 atom stereocenters. The molecule has 3 aromatic heterocycles. The zero-order chi connectivity index (χ0) is 20.9. The Morgan fingerprint density at radius 1 is 0.935 bits per heavy atom. The number of aryl methyl sites for hydroxylation is 1. The molecule has 0 aliphatic heterocycles. The van der Waals surface area contributed by atoms with Crippen LogP contribution < -0.4 is 10.1 Å². The normalized spacial score (nSPS) is 12.5. The van der Waals surface area contributed by atoms with Gasteiger partial charge in [0.05, 0.1) is 15.6 Å². The summed E-state index contributed by atoms with van der Waals surface area (Å²) in [6.07, 6.45) is 4.15. The Bertz CT molecular complexity index is 1690. The number of fused-ring (bicyclic) bond motifs is 4. The van der Waals surface area contributed by atoms with Crippen molar-refractivity contribution in [3.63, 3.8) is 0 Å². The molecule has 0 radical (unpaired) electrons. The average Bonchev–Trinajstić information content (AvgIpc) is 3.42. The lowest BCUT2D eigenvalue weighted by molar-refractivity contribution is 0.836. The van der Waals surface area contributed by atoms with Crippen molar-refractivity contribution in [2.24, 2.45) is 0 Å². The third kappa shape index (κ3) is 2.97. The fourth-order valence-electron chi connectivity index (χ4n) is 4.16. The fourth-order valence-corrected chi connectivity index (χ4v) is 5.14. The molecule has 0 spiro atoms. The predicted octanol–water partition coefficient (Wildman–Crippen LogP) is 4.77. The van der Waals surface area contributed by atoms with Crippen molar-refractivity contribution in [1.82, 2.24) is 14.0 Å². The standard InChI is InChI=1S/C26H19N3OS/c1-17-10-12-18(13-11-17)15-28-16-19(20-6-2-4-8-22(20)28)14-24-25(30)29-23-9-5-3-7-21(23)27-26(29)31-24/h2-14,16H,15H2,1H3. The smallest absolute Gasteiger partial charge is 0.274 e. The van der Waals surface area contributed by atoms with E-state index in [0.717, 1.165) is 39.0 Å². The number of rotatable bonds is 3. The van der Waals surface area contributed by atoms with Crippen LogP contribution in [0.4, 0.5) is 0 Å². The Hall–Kier alpha value is -3.70. The Morgan fingerprint density at radius 3 is 2.52 bits per heavy atom. The largest absolute Gasteiger partial charge is 0.342 e. The van der Waals surface area contributed by atoms with E-state index in [-0.39, 0.29) is 5.56 Å². The molecule has 6 aromatic rings. The van der Waals surface area contributed by atoms with Gasteiger partial charge in [0.1, 0.15) is 0 Å². The van der Waals surface area contributed by atoms with E-state index in [4.69, 9.17) is 0 Å². The molecule has 0 N–H and O–H groups in total. The molecular formula is C26H19N3OS. The minimum atomic E-state index is -0.0101. The summed E-state index contributed by atoms with van der Waals surface area (Å²) in [6.45, 7) is 2.89. The van der Waals surface area contributed by atoms with Gasteiger partial charge >= 0.3 is 0 Å². The maximum Gasteiger partial charge on any atom is 0.274 e. The van der Waals surface area contributed by atoms with Crippen LogP contribution in [0.2, 0.25) is 0 Å². The highest BCUT2D eigenvalue weighted by Crippen LogP contribution is 2.23. The predicted molar refractivity (Wildman–Crippen MR) is 128 cm³/mol. The highest BCUT2D eigenvalue weighted by molar-refractivity contribution is 7.15. The van der Waals surface area contributed by atoms with Gasteiger partial charge in [-0.25, -0.2) is 9.38 Å². The minimum absolute atomic E-state index is 0.0101. The zero-order valence-corrected chi connectivity index (χ0v) is 17.8. The summed E-state index contributed by atoms with van der Waals surface area (Å²) in [7, 11) is 0. The molecule has 0 saturated carbocycles. The van der Waals surface area contributed by atoms with Crippen LogP contribution in [0.5, 0.6) is 0 Å². The molecule has 0 saturated heterocycles. The van der Waals surface area contributed by atoms with Gasteiger partial charge in [-0.05, 0) is 36.8 Å². The van der Waals surface area contributed by atoms with Crippen LogP contribution in [-0.2, 0) is 6.54 Å². The summed E-state index contributed by atoms with van der Waals surface area (Å²) in [5.41, 5.74) is 6.43. The first-order valence-corrected chi connectivity index (χ1v) is 11.0. The number of hydrogen-bond donors (Lipinski definition) is 0. The lowest BCUT2D eigenvalue weighted by Gasteiger charge is -2.06. The molecule has 0 unspecified atom stereocenters. The second-order valence-electron chi connectivity index (χ2n) is 7.85. The van der Waals surface area contributed by atoms with Crippen molar-refractivity contribution in [2.45, 2.75) is 13.5 Å². The summed E-state index contributed by atoms with van der Waals surface area (Å²) in [5.74, 6) is 0. The molecule has 3 heterocycles. The van der Waals surface area contributed by atoms with E-state index in [2.05, 4.69) is 65.1 Å². The van der Waals surface area contributed by atoms with Gasteiger partial charge in [0.2, 0.25) is 0 Å². The summed E-state index contributed by atoms with van der Waals surface area (Å²) < 4.78 is 4.67. The van der Waals surface area contributed by atoms with Crippen molar-refractivity contribution < 1.29 is 0 Å². The third-order valence-corrected chi connectivity index (χ3v) is 6.69. The van der Waals surface area contributed by atoms with Crippen molar-refractivity contribution >= 4 is 44.3 Å². The molecule has 0 fully saturated rings. The Kier molecular flexibility index (Phi) is 4.04. The van der Waals surface area contributed by atoms with Crippen LogP contribution in [0.1, 0.15) is 16.7 Å². The maximum atomic E-state index is 13.2. The van der Waals surface area contributed by atoms with Crippen LogP contribution in [0.25, 0.3) is 33.0 Å². The molecule has 0 aliphatic carbocycles. The van der Waals surface area contributed by atoms with Crippen molar-refractivity contribution in [3.05, 3.63) is 111 Å². The van der Waals surface area contributed by atoms with Gasteiger partial charge < -0.3 is 4.57 Å². The summed E-state index contributed by atoms with van der Waals surface area (Å²) in [6, 6.07) is 24.7. The molecule has 0 bridgehead atoms. The van der Waals surface area contributed by atoms with E-state index in [1.54, 1.807) is 4.40 Å². The van der Waals surface area contributed by atoms with E-state index >= 15 is 0 Å². The van der Waals surface area contributed by atoms with Gasteiger partial charge in [0, 0.05) is 29.2 Å². The van der Waals surface area contributed by atoms with Crippen molar-refractivity contribution in [3.8, 4) is 0 Å². The van der Waals surface area contributed by atoms with Gasteiger partial charge in [0.15, 0.2) is 4.96 Å². The van der Waals surface area contributed by atoms with Gasteiger partial charge in [-0.3, -0.25) is 4.79 Å². The van der Waals surface area contributed by atoms with Crippen LogP contribution in [0, 0.1) is 6.92 Å². The van der Waals surface area contributed by atoms with Crippen LogP contribution >= 0.6 is 11.3 Å². The fraction of sp³-hybridized carbons (Fsp3) is 0.0769. The number of hydrogen-bond acceptors (Lipinski definition) is 3. The number of aromatic nitrogens is 3. The minimum Gasteiger partial charge on any atom is -0.342 e. The first-order valence-electron chi connectivity index (χ1n) is 10.2. The first kappa shape index (κ1) is 18.1. The first-order chi connectivity index (χ1) is 15.2. The van der Waals surface area contributed by atoms with Gasteiger partial charge in [0.25, 0.3) is 5.56 Å². The third-order valence-electron chi connectivity index (χ3n) is 5.72. The van der Waals surface area contributed by atoms with Crippen molar-refractivity contribution in [2.75, 3.05) is 0 Å². The summed E-state index contributed by atoms with van der Waals surface area (Å²) >= 11 is 1.44. The van der Waals surface area contributed by atoms with E-state index in [0.29, 0.717) is 4.53 Å². The number of para-hydroxylation sites is 3. The number of benzene rings is 3. The monoisotopic (exact) mass is 421 g/mol. The van der Waals surface area contributed by atoms with Gasteiger partial charge in [-0.15, -0.1) is 0 Å². The van der Waals surface area contributed by atoms with E-state index in [1.165, 1.54) is 22.5 Å².